The maximum Gasteiger partial charge on any atom is 0.297 e. The van der Waals surface area contributed by atoms with Crippen molar-refractivity contribution in [1.82, 2.24) is 4.57 Å². The van der Waals surface area contributed by atoms with E-state index in [2.05, 4.69) is 20.8 Å². The molecule has 0 aliphatic rings. The van der Waals surface area contributed by atoms with Crippen LogP contribution in [0.15, 0.2) is 23.0 Å². The third-order valence-electron chi connectivity index (χ3n) is 5.41. The van der Waals surface area contributed by atoms with Crippen LogP contribution in [0, 0.1) is 0 Å². The van der Waals surface area contributed by atoms with Gasteiger partial charge in [0.05, 0.1) is 18.7 Å². The number of benzene rings is 1. The predicted molar refractivity (Wildman–Crippen MR) is 124 cm³/mol. The summed E-state index contributed by atoms with van der Waals surface area (Å²) in [6, 6.07) is 5.72. The van der Waals surface area contributed by atoms with Crippen LogP contribution < -0.4 is 15.0 Å². The maximum atomic E-state index is 12.9. The number of fused-ring (bicyclic) bond motifs is 1. The summed E-state index contributed by atoms with van der Waals surface area (Å²) in [7, 11) is 0. The number of pyridine rings is 1. The molecule has 1 aromatic carbocycles. The van der Waals surface area contributed by atoms with Gasteiger partial charge in [-0.05, 0) is 31.4 Å². The molecular weight excluding hydrogens is 378 g/mol. The minimum absolute atomic E-state index is 0.290. The summed E-state index contributed by atoms with van der Waals surface area (Å²) in [6.45, 7) is 8.18. The molecule has 0 atom stereocenters. The van der Waals surface area contributed by atoms with E-state index >= 15 is 0 Å². The Kier molecular flexibility index (Phi) is 10.6. The van der Waals surface area contributed by atoms with Crippen LogP contribution in [0.1, 0.15) is 85.0 Å². The van der Waals surface area contributed by atoms with Crippen molar-refractivity contribution < 1.29 is 14.6 Å². The molecule has 0 unspecified atom stereocenters. The van der Waals surface area contributed by atoms with Crippen LogP contribution >= 0.6 is 0 Å². The fourth-order valence-electron chi connectivity index (χ4n) is 3.58. The van der Waals surface area contributed by atoms with Crippen LogP contribution in [0.3, 0.4) is 0 Å². The lowest BCUT2D eigenvalue weighted by Gasteiger charge is -2.17. The zero-order valence-corrected chi connectivity index (χ0v) is 19.0. The van der Waals surface area contributed by atoms with Crippen LogP contribution in [-0.2, 0) is 6.54 Å². The van der Waals surface area contributed by atoms with Gasteiger partial charge in [0.25, 0.3) is 5.56 Å². The number of aromatic nitrogens is 1. The Morgan fingerprint density at radius 3 is 2.10 bits per heavy atom. The van der Waals surface area contributed by atoms with Gasteiger partial charge in [-0.1, -0.05) is 65.7 Å². The molecule has 168 valence electrons. The molecule has 0 fully saturated rings. The Labute approximate surface area is 181 Å². The number of unbranched alkanes of at least 4 members (excludes halogenated alkanes) is 7. The largest absolute Gasteiger partial charge is 0.500 e. The highest BCUT2D eigenvalue weighted by molar-refractivity contribution is 5.88. The first-order valence-corrected chi connectivity index (χ1v) is 11.8. The molecule has 5 nitrogen and oxygen atoms in total. The number of rotatable bonds is 15. The van der Waals surface area contributed by atoms with Gasteiger partial charge in [0.2, 0.25) is 5.75 Å². The second-order valence-corrected chi connectivity index (χ2v) is 7.99. The van der Waals surface area contributed by atoms with Crippen LogP contribution in [0.5, 0.6) is 17.2 Å². The molecule has 2 aromatic rings. The number of aromatic hydroxyl groups is 1. The SMILES string of the molecule is CCCCCCOc1ccc2c(OCCCCCC)c(O)c(=O)n(CCCC)c2c1. The van der Waals surface area contributed by atoms with Gasteiger partial charge in [-0.15, -0.1) is 0 Å². The van der Waals surface area contributed by atoms with Crippen LogP contribution in [-0.4, -0.2) is 22.9 Å². The van der Waals surface area contributed by atoms with Gasteiger partial charge in [0.15, 0.2) is 5.75 Å². The van der Waals surface area contributed by atoms with Crippen molar-refractivity contribution in [2.45, 2.75) is 91.5 Å². The highest BCUT2D eigenvalue weighted by atomic mass is 16.5. The van der Waals surface area contributed by atoms with Crippen molar-refractivity contribution in [2.24, 2.45) is 0 Å². The Morgan fingerprint density at radius 2 is 1.47 bits per heavy atom. The molecule has 0 saturated carbocycles. The summed E-state index contributed by atoms with van der Waals surface area (Å²) in [5, 5.41) is 11.3. The summed E-state index contributed by atoms with van der Waals surface area (Å²) in [4.78, 5) is 12.9. The fourth-order valence-corrected chi connectivity index (χ4v) is 3.58. The van der Waals surface area contributed by atoms with Gasteiger partial charge in [-0.25, -0.2) is 0 Å². The van der Waals surface area contributed by atoms with Crippen molar-refractivity contribution in [1.29, 1.82) is 0 Å². The normalized spacial score (nSPS) is 11.2. The lowest BCUT2D eigenvalue weighted by molar-refractivity contribution is 0.290. The smallest absolute Gasteiger partial charge is 0.297 e. The molecule has 5 heteroatoms. The Bertz CT molecular complexity index is 828. The maximum absolute atomic E-state index is 12.9. The molecule has 0 radical (unpaired) electrons. The number of aryl methyl sites for hydroxylation is 1. The number of hydrogen-bond donors (Lipinski definition) is 1. The molecule has 0 aliphatic carbocycles. The zero-order chi connectivity index (χ0) is 21.8. The van der Waals surface area contributed by atoms with Crippen LogP contribution in [0.25, 0.3) is 10.9 Å². The van der Waals surface area contributed by atoms with Crippen molar-refractivity contribution in [3.05, 3.63) is 28.6 Å². The van der Waals surface area contributed by atoms with Crippen molar-refractivity contribution in [2.75, 3.05) is 13.2 Å². The zero-order valence-electron chi connectivity index (χ0n) is 19.0. The predicted octanol–water partition coefficient (Wildman–Crippen LogP) is 6.43. The van der Waals surface area contributed by atoms with Crippen LogP contribution in [0.2, 0.25) is 0 Å². The van der Waals surface area contributed by atoms with Gasteiger partial charge in [0, 0.05) is 18.0 Å². The Balaban J connectivity index is 2.30. The summed E-state index contributed by atoms with van der Waals surface area (Å²) >= 11 is 0. The van der Waals surface area contributed by atoms with E-state index in [-0.39, 0.29) is 11.3 Å². The summed E-state index contributed by atoms with van der Waals surface area (Å²) in [5.74, 6) is 0.763. The van der Waals surface area contributed by atoms with Crippen molar-refractivity contribution in [3.8, 4) is 17.2 Å². The average Bonchev–Trinajstić information content (AvgIpc) is 2.75. The molecule has 2 rings (SSSR count). The first-order chi connectivity index (χ1) is 14.6. The van der Waals surface area contributed by atoms with E-state index < -0.39 is 0 Å². The van der Waals surface area contributed by atoms with Gasteiger partial charge in [0.1, 0.15) is 5.75 Å². The molecule has 0 spiro atoms. The highest BCUT2D eigenvalue weighted by Gasteiger charge is 2.18. The van der Waals surface area contributed by atoms with Gasteiger partial charge in [-0.2, -0.15) is 0 Å². The molecule has 0 aliphatic heterocycles. The Morgan fingerprint density at radius 1 is 0.833 bits per heavy atom. The van der Waals surface area contributed by atoms with E-state index in [0.29, 0.717) is 25.5 Å². The number of nitrogens with zero attached hydrogens (tertiary/aromatic N) is 1. The summed E-state index contributed by atoms with van der Waals surface area (Å²) in [5.41, 5.74) is 0.375. The quantitative estimate of drug-likeness (QED) is 0.339. The molecular formula is C25H39NO4. The lowest BCUT2D eigenvalue weighted by Crippen LogP contribution is -2.21. The second-order valence-electron chi connectivity index (χ2n) is 7.99. The molecule has 1 N–H and O–H groups in total. The fraction of sp³-hybridized carbons (Fsp3) is 0.640. The van der Waals surface area contributed by atoms with E-state index in [0.717, 1.165) is 68.0 Å². The molecule has 30 heavy (non-hydrogen) atoms. The van der Waals surface area contributed by atoms with Crippen molar-refractivity contribution >= 4 is 10.9 Å². The molecule has 0 saturated heterocycles. The number of ether oxygens (including phenoxy) is 2. The molecule has 0 amide bonds. The van der Waals surface area contributed by atoms with Gasteiger partial charge in [-0.3, -0.25) is 4.79 Å². The van der Waals surface area contributed by atoms with Gasteiger partial charge < -0.3 is 19.1 Å². The van der Waals surface area contributed by atoms with E-state index in [1.54, 1.807) is 4.57 Å². The van der Waals surface area contributed by atoms with E-state index in [1.807, 2.05) is 18.2 Å². The monoisotopic (exact) mass is 417 g/mol. The molecule has 0 bridgehead atoms. The topological polar surface area (TPSA) is 60.7 Å². The summed E-state index contributed by atoms with van der Waals surface area (Å²) < 4.78 is 13.5. The van der Waals surface area contributed by atoms with E-state index in [4.69, 9.17) is 9.47 Å². The minimum atomic E-state index is -0.389. The third kappa shape index (κ3) is 6.68. The van der Waals surface area contributed by atoms with Gasteiger partial charge >= 0.3 is 0 Å². The first-order valence-electron chi connectivity index (χ1n) is 11.8. The average molecular weight is 418 g/mol. The van der Waals surface area contributed by atoms with Crippen molar-refractivity contribution in [3.63, 3.8) is 0 Å². The van der Waals surface area contributed by atoms with Crippen LogP contribution in [0.4, 0.5) is 0 Å². The van der Waals surface area contributed by atoms with E-state index in [9.17, 15) is 9.90 Å². The van der Waals surface area contributed by atoms with E-state index in [1.165, 1.54) is 12.8 Å². The number of hydrogen-bond acceptors (Lipinski definition) is 4. The lowest BCUT2D eigenvalue weighted by atomic mass is 10.1. The summed E-state index contributed by atoms with van der Waals surface area (Å²) in [6.07, 6.45) is 10.7. The second kappa shape index (κ2) is 13.2. The standard InChI is InChI=1S/C25H39NO4/c1-4-7-10-12-17-29-20-14-15-21-22(19-20)26(16-9-6-3)25(28)23(27)24(21)30-18-13-11-8-5-2/h14-15,19,27H,4-13,16-18H2,1-3H3. The first kappa shape index (κ1) is 24.1. The molecule has 1 heterocycles. The highest BCUT2D eigenvalue weighted by Crippen LogP contribution is 2.34. The Hall–Kier alpha value is -2.17. The minimum Gasteiger partial charge on any atom is -0.500 e. The third-order valence-corrected chi connectivity index (χ3v) is 5.41. The molecule has 1 aromatic heterocycles.